The molecule has 0 aromatic heterocycles. The number of hydrogen-bond donors (Lipinski definition) is 2. The quantitative estimate of drug-likeness (QED) is 0.594. The van der Waals surface area contributed by atoms with Crippen molar-refractivity contribution in [3.8, 4) is 0 Å². The van der Waals surface area contributed by atoms with Crippen molar-refractivity contribution in [2.45, 2.75) is 25.3 Å². The second-order valence-corrected chi connectivity index (χ2v) is 3.70. The van der Waals surface area contributed by atoms with Gasteiger partial charge in [0.2, 0.25) is 0 Å². The second-order valence-electron chi connectivity index (χ2n) is 3.70. The van der Waals surface area contributed by atoms with Crippen molar-refractivity contribution >= 4 is 5.97 Å². The average molecular weight is 187 g/mol. The molecule has 1 rings (SSSR count). The van der Waals surface area contributed by atoms with Crippen LogP contribution in [-0.2, 0) is 9.53 Å². The van der Waals surface area contributed by atoms with E-state index in [-0.39, 0.29) is 0 Å². The van der Waals surface area contributed by atoms with Crippen LogP contribution in [0, 0.1) is 5.92 Å². The van der Waals surface area contributed by atoms with E-state index in [0.717, 1.165) is 12.8 Å². The summed E-state index contributed by atoms with van der Waals surface area (Å²) in [6.45, 7) is 2.90. The zero-order chi connectivity index (χ0) is 9.90. The molecule has 0 radical (unpaired) electrons. The van der Waals surface area contributed by atoms with Gasteiger partial charge in [0, 0.05) is 13.7 Å². The number of nitrogens with one attached hydrogen (secondary N) is 1. The van der Waals surface area contributed by atoms with E-state index >= 15 is 0 Å². The summed E-state index contributed by atoms with van der Waals surface area (Å²) in [5.74, 6) is -0.465. The highest BCUT2D eigenvalue weighted by Crippen LogP contribution is 2.39. The molecule has 13 heavy (non-hydrogen) atoms. The van der Waals surface area contributed by atoms with E-state index in [0.29, 0.717) is 19.1 Å². The van der Waals surface area contributed by atoms with Gasteiger partial charge >= 0.3 is 5.97 Å². The Kier molecular flexibility index (Phi) is 3.27. The molecule has 1 unspecified atom stereocenters. The molecule has 0 spiro atoms. The number of ether oxygens (including phenoxy) is 1. The minimum absolute atomic E-state index is 0.293. The molecule has 0 bridgehead atoms. The summed E-state index contributed by atoms with van der Waals surface area (Å²) in [5, 5.41) is 12.1. The molecule has 1 aliphatic rings. The first-order valence-corrected chi connectivity index (χ1v) is 4.58. The first-order chi connectivity index (χ1) is 6.11. The van der Waals surface area contributed by atoms with Crippen LogP contribution in [0.25, 0.3) is 0 Å². The maximum absolute atomic E-state index is 11.0. The van der Waals surface area contributed by atoms with E-state index < -0.39 is 11.5 Å². The summed E-state index contributed by atoms with van der Waals surface area (Å²) in [4.78, 5) is 11.0. The molecule has 1 aliphatic carbocycles. The van der Waals surface area contributed by atoms with E-state index in [1.165, 1.54) is 0 Å². The lowest BCUT2D eigenvalue weighted by Gasteiger charge is -2.25. The smallest absolute Gasteiger partial charge is 0.323 e. The Hall–Kier alpha value is -0.610. The Bertz CT molecular complexity index is 191. The molecule has 0 amide bonds. The topological polar surface area (TPSA) is 58.6 Å². The van der Waals surface area contributed by atoms with Crippen molar-refractivity contribution in [1.29, 1.82) is 0 Å². The first-order valence-electron chi connectivity index (χ1n) is 4.58. The lowest BCUT2D eigenvalue weighted by molar-refractivity contribution is -0.145. The van der Waals surface area contributed by atoms with E-state index in [1.54, 1.807) is 14.0 Å². The number of methoxy groups -OCH3 is 1. The van der Waals surface area contributed by atoms with Crippen molar-refractivity contribution in [1.82, 2.24) is 5.32 Å². The Morgan fingerprint density at radius 1 is 1.69 bits per heavy atom. The highest BCUT2D eigenvalue weighted by atomic mass is 16.5. The van der Waals surface area contributed by atoms with Crippen molar-refractivity contribution in [3.63, 3.8) is 0 Å². The summed E-state index contributed by atoms with van der Waals surface area (Å²) in [5.41, 5.74) is -0.751. The van der Waals surface area contributed by atoms with Gasteiger partial charge in [-0.25, -0.2) is 0 Å². The standard InChI is InChI=1S/C9H17NO3/c1-9(8(11)12,7-3-4-7)10-5-6-13-2/h7,10H,3-6H2,1-2H3,(H,11,12). The largest absolute Gasteiger partial charge is 0.480 e. The van der Waals surface area contributed by atoms with Crippen molar-refractivity contribution in [3.05, 3.63) is 0 Å². The summed E-state index contributed by atoms with van der Waals surface area (Å²) in [6.07, 6.45) is 2.03. The molecule has 0 heterocycles. The predicted molar refractivity (Wildman–Crippen MR) is 48.6 cm³/mol. The van der Waals surface area contributed by atoms with Crippen LogP contribution in [0.15, 0.2) is 0 Å². The summed E-state index contributed by atoms with van der Waals surface area (Å²) >= 11 is 0. The summed E-state index contributed by atoms with van der Waals surface area (Å²) in [7, 11) is 1.61. The zero-order valence-electron chi connectivity index (χ0n) is 8.17. The monoisotopic (exact) mass is 187 g/mol. The van der Waals surface area contributed by atoms with Crippen molar-refractivity contribution in [2.75, 3.05) is 20.3 Å². The normalized spacial score (nSPS) is 21.1. The molecule has 0 aromatic rings. The van der Waals surface area contributed by atoms with Crippen LogP contribution in [0.4, 0.5) is 0 Å². The van der Waals surface area contributed by atoms with Gasteiger partial charge in [-0.2, -0.15) is 0 Å². The van der Waals surface area contributed by atoms with E-state index in [2.05, 4.69) is 5.32 Å². The van der Waals surface area contributed by atoms with Gasteiger partial charge < -0.3 is 9.84 Å². The lowest BCUT2D eigenvalue weighted by Crippen LogP contribution is -2.52. The minimum atomic E-state index is -0.758. The SMILES string of the molecule is COCCNC(C)(C(=O)O)C1CC1. The highest BCUT2D eigenvalue weighted by molar-refractivity contribution is 5.79. The number of aliphatic carboxylic acids is 1. The predicted octanol–water partition coefficient (Wildman–Crippen LogP) is 0.476. The fourth-order valence-corrected chi connectivity index (χ4v) is 1.47. The second kappa shape index (κ2) is 4.07. The van der Waals surface area contributed by atoms with Crippen molar-refractivity contribution < 1.29 is 14.6 Å². The van der Waals surface area contributed by atoms with Gasteiger partial charge in [0.15, 0.2) is 0 Å². The molecule has 4 heteroatoms. The maximum Gasteiger partial charge on any atom is 0.323 e. The number of carbonyl (C=O) groups is 1. The van der Waals surface area contributed by atoms with Gasteiger partial charge in [-0.1, -0.05) is 0 Å². The Balaban J connectivity index is 2.42. The fourth-order valence-electron chi connectivity index (χ4n) is 1.47. The molecule has 0 aliphatic heterocycles. The number of carboxylic acids is 1. The lowest BCUT2D eigenvalue weighted by atomic mass is 9.96. The number of hydrogen-bond acceptors (Lipinski definition) is 3. The Morgan fingerprint density at radius 2 is 2.31 bits per heavy atom. The third kappa shape index (κ3) is 2.42. The molecule has 0 aromatic carbocycles. The van der Waals surface area contributed by atoms with Crippen LogP contribution >= 0.6 is 0 Å². The molecule has 0 saturated heterocycles. The third-order valence-electron chi connectivity index (χ3n) is 2.64. The number of carboxylic acid groups (broad SMARTS) is 1. The molecule has 1 fully saturated rings. The van der Waals surface area contributed by atoms with Gasteiger partial charge in [-0.15, -0.1) is 0 Å². The Morgan fingerprint density at radius 3 is 2.69 bits per heavy atom. The molecule has 4 nitrogen and oxygen atoms in total. The van der Waals surface area contributed by atoms with Gasteiger partial charge in [0.05, 0.1) is 6.61 Å². The molecular formula is C9H17NO3. The third-order valence-corrected chi connectivity index (χ3v) is 2.64. The van der Waals surface area contributed by atoms with Crippen LogP contribution in [0.1, 0.15) is 19.8 Å². The van der Waals surface area contributed by atoms with Crippen LogP contribution < -0.4 is 5.32 Å². The molecule has 2 N–H and O–H groups in total. The fraction of sp³-hybridized carbons (Fsp3) is 0.889. The first kappa shape index (κ1) is 10.5. The van der Waals surface area contributed by atoms with Crippen molar-refractivity contribution in [2.24, 2.45) is 5.92 Å². The van der Waals surface area contributed by atoms with Crippen LogP contribution in [0.3, 0.4) is 0 Å². The highest BCUT2D eigenvalue weighted by Gasteiger charge is 2.46. The summed E-state index contributed by atoms with van der Waals surface area (Å²) < 4.78 is 4.86. The van der Waals surface area contributed by atoms with E-state index in [1.807, 2.05) is 0 Å². The minimum Gasteiger partial charge on any atom is -0.480 e. The molecule has 1 atom stereocenters. The average Bonchev–Trinajstić information content (AvgIpc) is 2.86. The van der Waals surface area contributed by atoms with E-state index in [4.69, 9.17) is 9.84 Å². The van der Waals surface area contributed by atoms with Gasteiger partial charge in [-0.05, 0) is 25.7 Å². The number of rotatable bonds is 6. The van der Waals surface area contributed by atoms with Crippen LogP contribution in [0.5, 0.6) is 0 Å². The molecule has 76 valence electrons. The van der Waals surface area contributed by atoms with Crippen LogP contribution in [0.2, 0.25) is 0 Å². The van der Waals surface area contributed by atoms with Gasteiger partial charge in [0.1, 0.15) is 5.54 Å². The van der Waals surface area contributed by atoms with E-state index in [9.17, 15) is 4.79 Å². The Labute approximate surface area is 78.3 Å². The van der Waals surface area contributed by atoms with Gasteiger partial charge in [-0.3, -0.25) is 10.1 Å². The van der Waals surface area contributed by atoms with Crippen LogP contribution in [-0.4, -0.2) is 36.9 Å². The van der Waals surface area contributed by atoms with Gasteiger partial charge in [0.25, 0.3) is 0 Å². The molecular weight excluding hydrogens is 170 g/mol. The zero-order valence-corrected chi connectivity index (χ0v) is 8.17. The summed E-state index contributed by atoms with van der Waals surface area (Å²) in [6, 6.07) is 0. The maximum atomic E-state index is 11.0. The molecule has 1 saturated carbocycles.